The van der Waals surface area contributed by atoms with E-state index in [2.05, 4.69) is 14.7 Å². The first-order valence-corrected chi connectivity index (χ1v) is 6.32. The molecule has 2 aromatic rings. The Morgan fingerprint density at radius 3 is 2.81 bits per heavy atom. The largest absolute Gasteiger partial charge is 0.468 e. The van der Waals surface area contributed by atoms with Gasteiger partial charge < -0.3 is 19.0 Å². The van der Waals surface area contributed by atoms with Crippen LogP contribution in [0.5, 0.6) is 0 Å². The summed E-state index contributed by atoms with van der Waals surface area (Å²) in [7, 11) is 1.24. The molecule has 0 aliphatic carbocycles. The number of ether oxygens (including phenoxy) is 1. The van der Waals surface area contributed by atoms with Crippen LogP contribution in [0.2, 0.25) is 0 Å². The number of aryl methyl sites for hydroxylation is 1. The third kappa shape index (κ3) is 2.64. The first-order chi connectivity index (χ1) is 9.99. The van der Waals surface area contributed by atoms with Crippen LogP contribution in [0.3, 0.4) is 0 Å². The molecule has 0 saturated carbocycles. The molecule has 0 aromatic carbocycles. The summed E-state index contributed by atoms with van der Waals surface area (Å²) >= 11 is 0. The lowest BCUT2D eigenvalue weighted by atomic mass is 10.1. The van der Waals surface area contributed by atoms with Crippen LogP contribution in [0.4, 0.5) is 0 Å². The fraction of sp³-hybridized carbons (Fsp3) is 0.385. The second-order valence-electron chi connectivity index (χ2n) is 4.34. The Morgan fingerprint density at radius 2 is 2.19 bits per heavy atom. The fourth-order valence-electron chi connectivity index (χ4n) is 2.02. The SMILES string of the molecule is CCN(CC(=O)OC)C(=O)c1c(C)oc2nc[nH]c(=O)c12. The number of aromatic amines is 1. The normalized spacial score (nSPS) is 10.6. The third-order valence-electron chi connectivity index (χ3n) is 3.10. The van der Waals surface area contributed by atoms with Gasteiger partial charge in [0, 0.05) is 6.54 Å². The first-order valence-electron chi connectivity index (χ1n) is 6.32. The van der Waals surface area contributed by atoms with E-state index in [1.807, 2.05) is 0 Å². The second kappa shape index (κ2) is 5.78. The summed E-state index contributed by atoms with van der Waals surface area (Å²) in [5.41, 5.74) is -0.256. The van der Waals surface area contributed by atoms with Crippen LogP contribution in [0.15, 0.2) is 15.5 Å². The molecule has 2 aromatic heterocycles. The first kappa shape index (κ1) is 14.8. The number of hydrogen-bond acceptors (Lipinski definition) is 6. The molecular weight excluding hydrogens is 278 g/mol. The quantitative estimate of drug-likeness (QED) is 0.821. The van der Waals surface area contributed by atoms with Crippen molar-refractivity contribution in [1.29, 1.82) is 0 Å². The summed E-state index contributed by atoms with van der Waals surface area (Å²) in [6.07, 6.45) is 1.20. The summed E-state index contributed by atoms with van der Waals surface area (Å²) in [6.45, 7) is 3.38. The van der Waals surface area contributed by atoms with Gasteiger partial charge in [-0.1, -0.05) is 0 Å². The van der Waals surface area contributed by atoms with Crippen molar-refractivity contribution in [2.45, 2.75) is 13.8 Å². The van der Waals surface area contributed by atoms with Crippen LogP contribution >= 0.6 is 0 Å². The van der Waals surface area contributed by atoms with Crippen LogP contribution in [-0.2, 0) is 9.53 Å². The zero-order valence-electron chi connectivity index (χ0n) is 11.9. The number of rotatable bonds is 4. The Labute approximate surface area is 119 Å². The standard InChI is InChI=1S/C13H15N3O5/c1-4-16(5-8(17)20-3)13(19)9-7(2)21-12-10(9)11(18)14-6-15-12/h6H,4-5H2,1-3H3,(H,14,15,18). The van der Waals surface area contributed by atoms with Crippen molar-refractivity contribution in [2.24, 2.45) is 0 Å². The number of fused-ring (bicyclic) bond motifs is 1. The predicted octanol–water partition coefficient (Wildman–Crippen LogP) is 0.460. The van der Waals surface area contributed by atoms with E-state index in [-0.39, 0.29) is 35.5 Å². The van der Waals surface area contributed by atoms with E-state index >= 15 is 0 Å². The highest BCUT2D eigenvalue weighted by Crippen LogP contribution is 2.22. The Kier molecular flexibility index (Phi) is 4.06. The molecule has 0 atom stereocenters. The molecule has 2 rings (SSSR count). The van der Waals surface area contributed by atoms with Crippen LogP contribution < -0.4 is 5.56 Å². The van der Waals surface area contributed by atoms with E-state index in [9.17, 15) is 14.4 Å². The molecule has 21 heavy (non-hydrogen) atoms. The number of nitrogens with one attached hydrogen (secondary N) is 1. The van der Waals surface area contributed by atoms with Crippen molar-refractivity contribution in [3.05, 3.63) is 28.0 Å². The molecule has 0 fully saturated rings. The van der Waals surface area contributed by atoms with E-state index in [4.69, 9.17) is 4.42 Å². The summed E-state index contributed by atoms with van der Waals surface area (Å²) in [5, 5.41) is 0.0864. The minimum absolute atomic E-state index is 0.0864. The monoisotopic (exact) mass is 293 g/mol. The Balaban J connectivity index is 2.50. The van der Waals surface area contributed by atoms with Crippen molar-refractivity contribution in [1.82, 2.24) is 14.9 Å². The number of esters is 1. The van der Waals surface area contributed by atoms with E-state index < -0.39 is 17.4 Å². The molecule has 8 nitrogen and oxygen atoms in total. The van der Waals surface area contributed by atoms with Crippen molar-refractivity contribution in [3.63, 3.8) is 0 Å². The number of nitrogens with zero attached hydrogens (tertiary/aromatic N) is 2. The minimum atomic E-state index is -0.539. The van der Waals surface area contributed by atoms with E-state index in [0.717, 1.165) is 0 Å². The lowest BCUT2D eigenvalue weighted by Gasteiger charge is -2.18. The third-order valence-corrected chi connectivity index (χ3v) is 3.10. The van der Waals surface area contributed by atoms with Gasteiger partial charge in [-0.05, 0) is 13.8 Å². The molecule has 0 bridgehead atoms. The molecule has 0 radical (unpaired) electrons. The lowest BCUT2D eigenvalue weighted by Crippen LogP contribution is -2.36. The molecule has 0 spiro atoms. The maximum Gasteiger partial charge on any atom is 0.325 e. The van der Waals surface area contributed by atoms with Crippen molar-refractivity contribution in [3.8, 4) is 0 Å². The van der Waals surface area contributed by atoms with Gasteiger partial charge in [-0.3, -0.25) is 14.4 Å². The van der Waals surface area contributed by atoms with Gasteiger partial charge in [0.2, 0.25) is 5.71 Å². The smallest absolute Gasteiger partial charge is 0.325 e. The average molecular weight is 293 g/mol. The Hall–Kier alpha value is -2.64. The zero-order valence-corrected chi connectivity index (χ0v) is 11.9. The van der Waals surface area contributed by atoms with Crippen molar-refractivity contribution < 1.29 is 18.7 Å². The number of H-pyrrole nitrogens is 1. The number of likely N-dealkylation sites (N-methyl/N-ethyl adjacent to an activating group) is 1. The molecule has 112 valence electrons. The maximum absolute atomic E-state index is 12.6. The Bertz CT molecular complexity index is 746. The lowest BCUT2D eigenvalue weighted by molar-refractivity contribution is -0.141. The van der Waals surface area contributed by atoms with E-state index in [1.54, 1.807) is 13.8 Å². The van der Waals surface area contributed by atoms with Crippen LogP contribution in [0.1, 0.15) is 23.0 Å². The maximum atomic E-state index is 12.6. The summed E-state index contributed by atoms with van der Waals surface area (Å²) in [4.78, 5) is 43.4. The molecule has 0 unspecified atom stereocenters. The van der Waals surface area contributed by atoms with Gasteiger partial charge >= 0.3 is 5.97 Å². The topological polar surface area (TPSA) is 106 Å². The van der Waals surface area contributed by atoms with Gasteiger partial charge in [0.15, 0.2) is 0 Å². The van der Waals surface area contributed by atoms with Gasteiger partial charge in [-0.2, -0.15) is 0 Å². The van der Waals surface area contributed by atoms with Gasteiger partial charge in [-0.15, -0.1) is 0 Å². The second-order valence-corrected chi connectivity index (χ2v) is 4.34. The number of aromatic nitrogens is 2. The minimum Gasteiger partial charge on any atom is -0.468 e. The predicted molar refractivity (Wildman–Crippen MR) is 73.0 cm³/mol. The molecule has 0 aliphatic rings. The van der Waals surface area contributed by atoms with Crippen LogP contribution in [0.25, 0.3) is 11.1 Å². The van der Waals surface area contributed by atoms with Gasteiger partial charge in [0.25, 0.3) is 11.5 Å². The van der Waals surface area contributed by atoms with Gasteiger partial charge in [-0.25, -0.2) is 4.98 Å². The van der Waals surface area contributed by atoms with Gasteiger partial charge in [0.05, 0.1) is 19.0 Å². The highest BCUT2D eigenvalue weighted by atomic mass is 16.5. The van der Waals surface area contributed by atoms with Gasteiger partial charge in [0.1, 0.15) is 17.7 Å². The number of furan rings is 1. The molecule has 8 heteroatoms. The highest BCUT2D eigenvalue weighted by Gasteiger charge is 2.26. The number of amides is 1. The molecule has 2 heterocycles. The summed E-state index contributed by atoms with van der Waals surface area (Å²) in [6, 6.07) is 0. The number of carbonyl (C=O) groups excluding carboxylic acids is 2. The fourth-order valence-corrected chi connectivity index (χ4v) is 2.02. The molecule has 0 aliphatic heterocycles. The van der Waals surface area contributed by atoms with Crippen molar-refractivity contribution in [2.75, 3.05) is 20.2 Å². The van der Waals surface area contributed by atoms with Crippen LogP contribution in [-0.4, -0.2) is 46.9 Å². The van der Waals surface area contributed by atoms with Crippen molar-refractivity contribution >= 4 is 23.0 Å². The summed E-state index contributed by atoms with van der Waals surface area (Å²) < 4.78 is 9.89. The number of carbonyl (C=O) groups is 2. The molecule has 1 N–H and O–H groups in total. The van der Waals surface area contributed by atoms with E-state index in [1.165, 1.54) is 18.3 Å². The number of hydrogen-bond donors (Lipinski definition) is 1. The molecule has 0 saturated heterocycles. The Morgan fingerprint density at radius 1 is 1.48 bits per heavy atom. The van der Waals surface area contributed by atoms with E-state index in [0.29, 0.717) is 0 Å². The molecule has 1 amide bonds. The number of methoxy groups -OCH3 is 1. The summed E-state index contributed by atoms with van der Waals surface area (Å²) in [5.74, 6) is -0.733. The highest BCUT2D eigenvalue weighted by molar-refractivity contribution is 6.06. The van der Waals surface area contributed by atoms with Crippen LogP contribution in [0, 0.1) is 6.92 Å². The zero-order chi connectivity index (χ0) is 15.6. The average Bonchev–Trinajstić information content (AvgIpc) is 2.81. The molecular formula is C13H15N3O5.